The molecule has 0 atom stereocenters. The van der Waals surface area contributed by atoms with Crippen molar-refractivity contribution < 1.29 is 14.6 Å². The van der Waals surface area contributed by atoms with Crippen LogP contribution in [0.4, 0.5) is 0 Å². The molecule has 0 radical (unpaired) electrons. The fraction of sp³-hybridized carbons (Fsp3) is 0.667. The lowest BCUT2D eigenvalue weighted by Crippen LogP contribution is -2.45. The summed E-state index contributed by atoms with van der Waals surface area (Å²) in [6, 6.07) is 7.90. The molecule has 3 rings (SSSR count). The first-order valence-corrected chi connectivity index (χ1v) is 9.55. The van der Waals surface area contributed by atoms with Gasteiger partial charge in [0.05, 0.1) is 5.60 Å². The molecule has 138 valence electrons. The van der Waals surface area contributed by atoms with Gasteiger partial charge >= 0.3 is 0 Å². The lowest BCUT2D eigenvalue weighted by molar-refractivity contribution is -0.0175. The quantitative estimate of drug-likeness (QED) is 0.910. The molecule has 1 aromatic carbocycles. The highest BCUT2D eigenvalue weighted by Crippen LogP contribution is 2.40. The minimum absolute atomic E-state index is 0.145. The number of ether oxygens (including phenoxy) is 1. The summed E-state index contributed by atoms with van der Waals surface area (Å²) in [5.41, 5.74) is 1.62. The van der Waals surface area contributed by atoms with E-state index in [2.05, 4.69) is 0 Å². The maximum atomic E-state index is 12.9. The molecule has 0 aromatic heterocycles. The number of rotatable bonds is 4. The summed E-state index contributed by atoms with van der Waals surface area (Å²) in [4.78, 5) is 14.9. The van der Waals surface area contributed by atoms with Crippen LogP contribution in [0.15, 0.2) is 24.3 Å². The minimum Gasteiger partial charge on any atom is -0.390 e. The van der Waals surface area contributed by atoms with E-state index >= 15 is 0 Å². The number of hydrogen-bond acceptors (Lipinski definition) is 3. The zero-order valence-corrected chi connectivity index (χ0v) is 15.6. The van der Waals surface area contributed by atoms with Gasteiger partial charge in [-0.15, -0.1) is 0 Å². The summed E-state index contributed by atoms with van der Waals surface area (Å²) >= 11 is 0. The number of benzene rings is 1. The summed E-state index contributed by atoms with van der Waals surface area (Å²) in [5.74, 6) is 0.145. The summed E-state index contributed by atoms with van der Waals surface area (Å²) < 4.78 is 5.50. The smallest absolute Gasteiger partial charge is 0.253 e. The van der Waals surface area contributed by atoms with Gasteiger partial charge in [0.15, 0.2) is 0 Å². The Morgan fingerprint density at radius 3 is 2.52 bits per heavy atom. The molecule has 25 heavy (non-hydrogen) atoms. The third-order valence-electron chi connectivity index (χ3n) is 5.86. The number of nitrogens with zero attached hydrogens (tertiary/aromatic N) is 1. The van der Waals surface area contributed by atoms with Gasteiger partial charge in [0, 0.05) is 31.9 Å². The van der Waals surface area contributed by atoms with Gasteiger partial charge in [-0.3, -0.25) is 4.79 Å². The number of amides is 1. The molecule has 1 spiro atoms. The van der Waals surface area contributed by atoms with Gasteiger partial charge < -0.3 is 14.7 Å². The number of carbonyl (C=O) groups excluding carboxylic acids is 1. The maximum absolute atomic E-state index is 12.9. The number of hydrogen-bond donors (Lipinski definition) is 1. The Morgan fingerprint density at radius 1 is 1.20 bits per heavy atom. The van der Waals surface area contributed by atoms with E-state index in [1.54, 1.807) is 0 Å². The molecule has 2 saturated heterocycles. The van der Waals surface area contributed by atoms with Crippen molar-refractivity contribution in [2.75, 3.05) is 26.3 Å². The maximum Gasteiger partial charge on any atom is 0.253 e. The van der Waals surface area contributed by atoms with Crippen LogP contribution in [0.1, 0.15) is 61.9 Å². The van der Waals surface area contributed by atoms with Gasteiger partial charge in [-0.1, -0.05) is 12.1 Å². The molecule has 1 aromatic rings. The van der Waals surface area contributed by atoms with E-state index in [-0.39, 0.29) is 5.91 Å². The van der Waals surface area contributed by atoms with Crippen molar-refractivity contribution in [1.29, 1.82) is 0 Å². The molecule has 0 bridgehead atoms. The first-order chi connectivity index (χ1) is 11.9. The molecule has 2 heterocycles. The molecule has 4 heteroatoms. The predicted octanol–water partition coefficient (Wildman–Crippen LogP) is 3.42. The molecule has 2 aliphatic rings. The molecule has 1 N–H and O–H groups in total. The number of likely N-dealkylation sites (tertiary alicyclic amines) is 1. The number of piperidine rings is 1. The third-order valence-corrected chi connectivity index (χ3v) is 5.86. The van der Waals surface area contributed by atoms with E-state index in [9.17, 15) is 9.90 Å². The Hall–Kier alpha value is -1.39. The first-order valence-electron chi connectivity index (χ1n) is 9.55. The Bertz CT molecular complexity index is 589. The second-order valence-corrected chi connectivity index (χ2v) is 8.42. The molecule has 4 nitrogen and oxygen atoms in total. The topological polar surface area (TPSA) is 49.8 Å². The molecule has 2 fully saturated rings. The monoisotopic (exact) mass is 345 g/mol. The van der Waals surface area contributed by atoms with Crippen molar-refractivity contribution in [1.82, 2.24) is 4.90 Å². The largest absolute Gasteiger partial charge is 0.390 e. The lowest BCUT2D eigenvalue weighted by atomic mass is 9.72. The lowest BCUT2D eigenvalue weighted by Gasteiger charge is -2.44. The first kappa shape index (κ1) is 18.4. The van der Waals surface area contributed by atoms with Crippen molar-refractivity contribution in [3.63, 3.8) is 0 Å². The van der Waals surface area contributed by atoms with Crippen LogP contribution in [-0.2, 0) is 11.2 Å². The molecule has 0 aliphatic carbocycles. The third kappa shape index (κ3) is 4.83. The van der Waals surface area contributed by atoms with Gasteiger partial charge in [-0.2, -0.15) is 0 Å². The van der Waals surface area contributed by atoms with Crippen LogP contribution < -0.4 is 0 Å². The van der Waals surface area contributed by atoms with E-state index in [1.807, 2.05) is 43.0 Å². The number of aryl methyl sites for hydroxylation is 1. The van der Waals surface area contributed by atoms with Crippen LogP contribution in [-0.4, -0.2) is 47.8 Å². The summed E-state index contributed by atoms with van der Waals surface area (Å²) in [7, 11) is 0. The summed E-state index contributed by atoms with van der Waals surface area (Å²) in [6.07, 6.45) is 5.95. The highest BCUT2D eigenvalue weighted by molar-refractivity contribution is 5.94. The second-order valence-electron chi connectivity index (χ2n) is 8.42. The van der Waals surface area contributed by atoms with Crippen LogP contribution in [0.3, 0.4) is 0 Å². The Balaban J connectivity index is 1.60. The molecule has 0 unspecified atom stereocenters. The molecular formula is C21H31NO3. The van der Waals surface area contributed by atoms with Gasteiger partial charge in [0.1, 0.15) is 0 Å². The van der Waals surface area contributed by atoms with Crippen molar-refractivity contribution in [2.45, 2.75) is 58.0 Å². The van der Waals surface area contributed by atoms with E-state index in [4.69, 9.17) is 4.74 Å². The van der Waals surface area contributed by atoms with Gasteiger partial charge in [0.2, 0.25) is 0 Å². The zero-order chi connectivity index (χ0) is 17.9. The second kappa shape index (κ2) is 7.46. The average Bonchev–Trinajstić information content (AvgIpc) is 2.60. The van der Waals surface area contributed by atoms with Crippen LogP contribution in [0.5, 0.6) is 0 Å². The average molecular weight is 345 g/mol. The van der Waals surface area contributed by atoms with Crippen LogP contribution >= 0.6 is 0 Å². The summed E-state index contributed by atoms with van der Waals surface area (Å²) in [6.45, 7) is 7.09. The molecule has 1 amide bonds. The normalized spacial score (nSPS) is 20.7. The molecular weight excluding hydrogens is 314 g/mol. The van der Waals surface area contributed by atoms with Gasteiger partial charge in [-0.05, 0) is 75.5 Å². The van der Waals surface area contributed by atoms with Crippen LogP contribution in [0.25, 0.3) is 0 Å². The highest BCUT2D eigenvalue weighted by atomic mass is 16.5. The van der Waals surface area contributed by atoms with E-state index in [0.29, 0.717) is 11.8 Å². The van der Waals surface area contributed by atoms with Crippen molar-refractivity contribution in [3.8, 4) is 0 Å². The number of carbonyl (C=O) groups is 1. The van der Waals surface area contributed by atoms with Crippen molar-refractivity contribution in [3.05, 3.63) is 35.4 Å². The van der Waals surface area contributed by atoms with E-state index < -0.39 is 5.60 Å². The number of aliphatic hydroxyl groups is 1. The van der Waals surface area contributed by atoms with Gasteiger partial charge in [-0.25, -0.2) is 0 Å². The van der Waals surface area contributed by atoms with Gasteiger partial charge in [0.25, 0.3) is 5.91 Å². The fourth-order valence-corrected chi connectivity index (χ4v) is 3.98. The zero-order valence-electron chi connectivity index (χ0n) is 15.6. The van der Waals surface area contributed by atoms with E-state index in [0.717, 1.165) is 69.5 Å². The molecule has 2 aliphatic heterocycles. The SMILES string of the molecule is CC(C)(O)CCc1cccc(C(=O)N2CCC3(CCOCC3)CC2)c1. The van der Waals surface area contributed by atoms with Crippen molar-refractivity contribution in [2.24, 2.45) is 5.41 Å². The minimum atomic E-state index is -0.676. The predicted molar refractivity (Wildman–Crippen MR) is 98.7 cm³/mol. The highest BCUT2D eigenvalue weighted by Gasteiger charge is 2.37. The van der Waals surface area contributed by atoms with Crippen LogP contribution in [0, 0.1) is 5.41 Å². The Morgan fingerprint density at radius 2 is 1.88 bits per heavy atom. The Labute approximate surface area is 151 Å². The molecule has 0 saturated carbocycles. The van der Waals surface area contributed by atoms with E-state index in [1.165, 1.54) is 0 Å². The van der Waals surface area contributed by atoms with Crippen molar-refractivity contribution >= 4 is 5.91 Å². The fourth-order valence-electron chi connectivity index (χ4n) is 3.98. The Kier molecular flexibility index (Phi) is 5.49. The van der Waals surface area contributed by atoms with Crippen LogP contribution in [0.2, 0.25) is 0 Å². The standard InChI is InChI=1S/C21H31NO3/c1-20(2,24)7-6-17-4-3-5-18(16-17)19(23)22-12-8-21(9-13-22)10-14-25-15-11-21/h3-5,16,24H,6-15H2,1-2H3. The summed E-state index contributed by atoms with van der Waals surface area (Å²) in [5, 5.41) is 9.90.